The quantitative estimate of drug-likeness (QED) is 0.765. The number of imide groups is 1. The van der Waals surface area contributed by atoms with Gasteiger partial charge in [0.15, 0.2) is 0 Å². The molecule has 2 unspecified atom stereocenters. The van der Waals surface area contributed by atoms with Crippen LogP contribution in [0.15, 0.2) is 0 Å². The molecule has 3 nitrogen and oxygen atoms in total. The fourth-order valence-electron chi connectivity index (χ4n) is 4.36. The fourth-order valence-corrected chi connectivity index (χ4v) is 4.36. The van der Waals surface area contributed by atoms with Gasteiger partial charge in [-0.05, 0) is 42.4 Å². The van der Waals surface area contributed by atoms with Gasteiger partial charge in [-0.2, -0.15) is 0 Å². The number of hydrogen-bond donors (Lipinski definition) is 1. The summed E-state index contributed by atoms with van der Waals surface area (Å²) in [5, 5.41) is 2.58. The van der Waals surface area contributed by atoms with Gasteiger partial charge in [-0.1, -0.05) is 26.7 Å². The lowest BCUT2D eigenvalue weighted by Gasteiger charge is -2.47. The maximum atomic E-state index is 12.3. The highest BCUT2D eigenvalue weighted by molar-refractivity contribution is 6.00. The summed E-state index contributed by atoms with van der Waals surface area (Å²) in [6.07, 6.45) is 7.71. The molecule has 2 aliphatic carbocycles. The van der Waals surface area contributed by atoms with Crippen molar-refractivity contribution in [3.8, 4) is 0 Å². The van der Waals surface area contributed by atoms with Crippen LogP contribution in [0.1, 0.15) is 58.8 Å². The van der Waals surface area contributed by atoms with Gasteiger partial charge < -0.3 is 0 Å². The Bertz CT molecular complexity index is 393. The zero-order valence-electron chi connectivity index (χ0n) is 11.4. The van der Waals surface area contributed by atoms with Crippen LogP contribution in [0, 0.1) is 22.7 Å². The van der Waals surface area contributed by atoms with E-state index in [1.54, 1.807) is 0 Å². The van der Waals surface area contributed by atoms with Crippen LogP contribution in [0.3, 0.4) is 0 Å². The zero-order valence-corrected chi connectivity index (χ0v) is 11.4. The first-order chi connectivity index (χ1) is 8.46. The van der Waals surface area contributed by atoms with E-state index in [1.807, 2.05) is 0 Å². The van der Waals surface area contributed by atoms with Gasteiger partial charge in [-0.15, -0.1) is 0 Å². The maximum Gasteiger partial charge on any atom is 0.230 e. The van der Waals surface area contributed by atoms with Gasteiger partial charge >= 0.3 is 0 Å². The van der Waals surface area contributed by atoms with Crippen LogP contribution in [0.25, 0.3) is 0 Å². The molecule has 0 aromatic carbocycles. The predicted molar refractivity (Wildman–Crippen MR) is 68.7 cm³/mol. The number of nitrogens with one attached hydrogen (secondary N) is 1. The molecule has 2 amide bonds. The first kappa shape index (κ1) is 12.2. The van der Waals surface area contributed by atoms with Crippen LogP contribution in [0.5, 0.6) is 0 Å². The van der Waals surface area contributed by atoms with Gasteiger partial charge in [0.1, 0.15) is 0 Å². The molecular weight excluding hydrogens is 226 g/mol. The highest BCUT2D eigenvalue weighted by atomic mass is 16.2. The summed E-state index contributed by atoms with van der Waals surface area (Å²) in [4.78, 5) is 24.1. The molecule has 0 radical (unpaired) electrons. The Morgan fingerprint density at radius 2 is 1.72 bits per heavy atom. The Labute approximate surface area is 109 Å². The van der Waals surface area contributed by atoms with Crippen molar-refractivity contribution in [2.45, 2.75) is 58.8 Å². The smallest absolute Gasteiger partial charge is 0.230 e. The van der Waals surface area contributed by atoms with E-state index in [0.29, 0.717) is 12.3 Å². The average Bonchev–Trinajstić information content (AvgIpc) is 2.84. The van der Waals surface area contributed by atoms with Crippen molar-refractivity contribution >= 4 is 11.8 Å². The van der Waals surface area contributed by atoms with Gasteiger partial charge in [0, 0.05) is 12.3 Å². The molecule has 1 heterocycles. The number of hydrogen-bond acceptors (Lipinski definition) is 2. The van der Waals surface area contributed by atoms with Crippen molar-refractivity contribution in [2.24, 2.45) is 22.7 Å². The number of piperidine rings is 1. The van der Waals surface area contributed by atoms with Gasteiger partial charge in [-0.25, -0.2) is 0 Å². The molecule has 0 spiro atoms. The first-order valence-electron chi connectivity index (χ1n) is 7.30. The minimum Gasteiger partial charge on any atom is -0.296 e. The Morgan fingerprint density at radius 3 is 2.28 bits per heavy atom. The molecule has 1 saturated heterocycles. The predicted octanol–water partition coefficient (Wildman–Crippen LogP) is 2.65. The van der Waals surface area contributed by atoms with Crippen LogP contribution in [-0.4, -0.2) is 11.8 Å². The van der Waals surface area contributed by atoms with Crippen LogP contribution in [0.4, 0.5) is 0 Å². The summed E-state index contributed by atoms with van der Waals surface area (Å²) >= 11 is 0. The molecule has 2 saturated carbocycles. The highest BCUT2D eigenvalue weighted by Crippen LogP contribution is 2.65. The number of amides is 2. The molecular formula is C15H23NO2. The lowest BCUT2D eigenvalue weighted by atomic mass is 9.58. The summed E-state index contributed by atoms with van der Waals surface area (Å²) < 4.78 is 0. The van der Waals surface area contributed by atoms with E-state index in [4.69, 9.17) is 0 Å². The molecule has 3 fully saturated rings. The third-order valence-electron chi connectivity index (χ3n) is 6.01. The van der Waals surface area contributed by atoms with Crippen LogP contribution in [-0.2, 0) is 9.59 Å². The highest BCUT2D eigenvalue weighted by Gasteiger charge is 2.62. The SMILES string of the molecule is CC1(C2(C)CC(=O)NC(=O)C2C2CCCC2)CC1. The van der Waals surface area contributed by atoms with E-state index in [9.17, 15) is 9.59 Å². The molecule has 2 atom stereocenters. The molecule has 3 rings (SSSR count). The van der Waals surface area contributed by atoms with Crippen LogP contribution < -0.4 is 5.32 Å². The normalized spacial score (nSPS) is 39.8. The third kappa shape index (κ3) is 1.63. The monoisotopic (exact) mass is 249 g/mol. The van der Waals surface area contributed by atoms with E-state index in [-0.39, 0.29) is 28.6 Å². The molecule has 3 aliphatic rings. The topological polar surface area (TPSA) is 46.2 Å². The van der Waals surface area contributed by atoms with E-state index >= 15 is 0 Å². The van der Waals surface area contributed by atoms with Gasteiger partial charge in [-0.3, -0.25) is 14.9 Å². The molecule has 100 valence electrons. The summed E-state index contributed by atoms with van der Waals surface area (Å²) in [5.74, 6) is 0.504. The van der Waals surface area contributed by atoms with Crippen LogP contribution in [0.2, 0.25) is 0 Å². The minimum atomic E-state index is -0.110. The Hall–Kier alpha value is -0.860. The molecule has 0 aromatic rings. The van der Waals surface area contributed by atoms with Gasteiger partial charge in [0.2, 0.25) is 11.8 Å². The largest absolute Gasteiger partial charge is 0.296 e. The standard InChI is InChI=1S/C15H23NO2/c1-14(7-8-14)15(2)9-11(17)16-13(18)12(15)10-5-3-4-6-10/h10,12H,3-9H2,1-2H3,(H,16,17,18). The third-order valence-corrected chi connectivity index (χ3v) is 6.01. The molecule has 1 N–H and O–H groups in total. The number of carbonyl (C=O) groups is 2. The second kappa shape index (κ2) is 3.82. The Morgan fingerprint density at radius 1 is 1.11 bits per heavy atom. The van der Waals surface area contributed by atoms with E-state index in [1.165, 1.54) is 25.7 Å². The van der Waals surface area contributed by atoms with Crippen molar-refractivity contribution in [2.75, 3.05) is 0 Å². The maximum absolute atomic E-state index is 12.3. The number of carbonyl (C=O) groups excluding carboxylic acids is 2. The number of rotatable bonds is 2. The molecule has 1 aliphatic heterocycles. The molecule has 18 heavy (non-hydrogen) atoms. The van der Waals surface area contributed by atoms with Crippen molar-refractivity contribution in [1.29, 1.82) is 0 Å². The molecule has 0 bridgehead atoms. The summed E-state index contributed by atoms with van der Waals surface area (Å²) in [6, 6.07) is 0. The second-order valence-corrected chi connectivity index (χ2v) is 7.09. The summed E-state index contributed by atoms with van der Waals surface area (Å²) in [6.45, 7) is 4.46. The fraction of sp³-hybridized carbons (Fsp3) is 0.867. The molecule has 0 aromatic heterocycles. The van der Waals surface area contributed by atoms with Crippen molar-refractivity contribution < 1.29 is 9.59 Å². The van der Waals surface area contributed by atoms with E-state index in [0.717, 1.165) is 12.8 Å². The lowest BCUT2D eigenvalue weighted by Crippen LogP contribution is -2.56. The Balaban J connectivity index is 1.95. The Kier molecular flexibility index (Phi) is 2.58. The van der Waals surface area contributed by atoms with E-state index in [2.05, 4.69) is 19.2 Å². The zero-order chi connectivity index (χ0) is 13.0. The average molecular weight is 249 g/mol. The summed E-state index contributed by atoms with van der Waals surface area (Å²) in [5.41, 5.74) is 0.106. The summed E-state index contributed by atoms with van der Waals surface area (Å²) in [7, 11) is 0. The second-order valence-electron chi connectivity index (χ2n) is 7.09. The van der Waals surface area contributed by atoms with E-state index < -0.39 is 0 Å². The van der Waals surface area contributed by atoms with Gasteiger partial charge in [0.05, 0.1) is 0 Å². The lowest BCUT2D eigenvalue weighted by molar-refractivity contribution is -0.149. The molecule has 3 heteroatoms. The van der Waals surface area contributed by atoms with Crippen molar-refractivity contribution in [1.82, 2.24) is 5.32 Å². The van der Waals surface area contributed by atoms with Crippen molar-refractivity contribution in [3.63, 3.8) is 0 Å². The first-order valence-corrected chi connectivity index (χ1v) is 7.30. The van der Waals surface area contributed by atoms with Gasteiger partial charge in [0.25, 0.3) is 0 Å². The minimum absolute atomic E-state index is 0.00813. The van der Waals surface area contributed by atoms with Crippen LogP contribution >= 0.6 is 0 Å². The van der Waals surface area contributed by atoms with Crippen molar-refractivity contribution in [3.05, 3.63) is 0 Å².